The molecule has 1 N–H and O–H groups in total. The normalized spacial score (nSPS) is 26.3. The average molecular weight is 310 g/mol. The molecule has 1 aliphatic rings. The van der Waals surface area contributed by atoms with E-state index in [1.807, 2.05) is 6.92 Å². The van der Waals surface area contributed by atoms with Crippen LogP contribution in [-0.2, 0) is 10.0 Å². The molecule has 0 radical (unpaired) electrons. The van der Waals surface area contributed by atoms with E-state index < -0.39 is 21.4 Å². The number of aryl methyl sites for hydroxylation is 1. The largest absolute Gasteiger partial charge is 0.241 e. The Morgan fingerprint density at radius 1 is 1.48 bits per heavy atom. The molecule has 0 bridgehead atoms. The number of nitriles is 1. The van der Waals surface area contributed by atoms with Gasteiger partial charge < -0.3 is 0 Å². The van der Waals surface area contributed by atoms with Gasteiger partial charge in [-0.1, -0.05) is 19.8 Å². The molecule has 1 aromatic carbocycles. The van der Waals surface area contributed by atoms with Gasteiger partial charge in [0.25, 0.3) is 0 Å². The standard InChI is InChI=1S/C15H19FN2O2S/c1-11-4-3-7-15(9-11,10-17)18-21(19,20)13-5-6-14(16)12(2)8-13/h5-6,8,11,18H,3-4,7,9H2,1-2H3/t11-,15+/m0/s1. The minimum atomic E-state index is -3.83. The van der Waals surface area contributed by atoms with E-state index in [9.17, 15) is 18.1 Å². The molecule has 1 aliphatic carbocycles. The van der Waals surface area contributed by atoms with Gasteiger partial charge in [0, 0.05) is 0 Å². The van der Waals surface area contributed by atoms with Crippen molar-refractivity contribution in [1.29, 1.82) is 5.26 Å². The van der Waals surface area contributed by atoms with Gasteiger partial charge in [0.15, 0.2) is 0 Å². The van der Waals surface area contributed by atoms with Crippen molar-refractivity contribution in [2.45, 2.75) is 50.0 Å². The van der Waals surface area contributed by atoms with Crippen molar-refractivity contribution >= 4 is 10.0 Å². The zero-order chi connectivity index (χ0) is 15.7. The summed E-state index contributed by atoms with van der Waals surface area (Å²) < 4.78 is 40.7. The first-order chi connectivity index (χ1) is 9.78. The summed E-state index contributed by atoms with van der Waals surface area (Å²) in [7, 11) is -3.83. The van der Waals surface area contributed by atoms with Gasteiger partial charge in [-0.05, 0) is 49.4 Å². The Morgan fingerprint density at radius 2 is 2.19 bits per heavy atom. The summed E-state index contributed by atoms with van der Waals surface area (Å²) in [4.78, 5) is -0.00532. The van der Waals surface area contributed by atoms with Crippen molar-refractivity contribution in [2.24, 2.45) is 5.92 Å². The number of nitrogens with zero attached hydrogens (tertiary/aromatic N) is 1. The molecule has 1 fully saturated rings. The number of benzene rings is 1. The van der Waals surface area contributed by atoms with Crippen LogP contribution in [0.3, 0.4) is 0 Å². The van der Waals surface area contributed by atoms with Gasteiger partial charge in [0.05, 0.1) is 11.0 Å². The van der Waals surface area contributed by atoms with E-state index in [2.05, 4.69) is 10.8 Å². The lowest BCUT2D eigenvalue weighted by Crippen LogP contribution is -2.49. The molecule has 0 aliphatic heterocycles. The summed E-state index contributed by atoms with van der Waals surface area (Å²) >= 11 is 0. The number of hydrogen-bond acceptors (Lipinski definition) is 3. The molecule has 21 heavy (non-hydrogen) atoms. The van der Waals surface area contributed by atoms with Crippen molar-refractivity contribution in [1.82, 2.24) is 4.72 Å². The Bertz CT molecular complexity index is 681. The predicted octanol–water partition coefficient (Wildman–Crippen LogP) is 2.88. The molecule has 1 aromatic rings. The SMILES string of the molecule is Cc1cc(S(=O)(=O)N[C@]2(C#N)CCC[C@H](C)C2)ccc1F. The van der Waals surface area contributed by atoms with E-state index in [-0.39, 0.29) is 10.5 Å². The van der Waals surface area contributed by atoms with Crippen LogP contribution in [0.2, 0.25) is 0 Å². The number of nitrogens with one attached hydrogen (secondary N) is 1. The van der Waals surface area contributed by atoms with E-state index in [1.54, 1.807) is 0 Å². The monoisotopic (exact) mass is 310 g/mol. The fourth-order valence-corrected chi connectivity index (χ4v) is 4.31. The molecular formula is C15H19FN2O2S. The summed E-state index contributed by atoms with van der Waals surface area (Å²) in [6.45, 7) is 3.53. The van der Waals surface area contributed by atoms with Crippen molar-refractivity contribution in [3.63, 3.8) is 0 Å². The van der Waals surface area contributed by atoms with Gasteiger partial charge in [0.2, 0.25) is 10.0 Å². The van der Waals surface area contributed by atoms with Crippen molar-refractivity contribution in [3.05, 3.63) is 29.6 Å². The summed E-state index contributed by atoms with van der Waals surface area (Å²) in [5, 5.41) is 9.43. The third-order valence-corrected chi connectivity index (χ3v) is 5.51. The van der Waals surface area contributed by atoms with Crippen LogP contribution < -0.4 is 4.72 Å². The molecule has 4 nitrogen and oxygen atoms in total. The molecule has 2 atom stereocenters. The maximum atomic E-state index is 13.3. The highest BCUT2D eigenvalue weighted by Crippen LogP contribution is 2.33. The van der Waals surface area contributed by atoms with Gasteiger partial charge in [-0.25, -0.2) is 12.8 Å². The Kier molecular flexibility index (Phi) is 4.35. The van der Waals surface area contributed by atoms with Crippen LogP contribution in [0.25, 0.3) is 0 Å². The molecule has 0 amide bonds. The van der Waals surface area contributed by atoms with Crippen molar-refractivity contribution in [3.8, 4) is 6.07 Å². The van der Waals surface area contributed by atoms with Gasteiger partial charge in [-0.3, -0.25) is 0 Å². The first kappa shape index (κ1) is 15.9. The Hall–Kier alpha value is -1.45. The van der Waals surface area contributed by atoms with Crippen LogP contribution in [-0.4, -0.2) is 14.0 Å². The number of sulfonamides is 1. The Labute approximate surface area is 125 Å². The Morgan fingerprint density at radius 3 is 2.76 bits per heavy atom. The molecule has 0 unspecified atom stereocenters. The molecule has 1 saturated carbocycles. The molecule has 114 valence electrons. The summed E-state index contributed by atoms with van der Waals surface area (Å²) in [6, 6.07) is 5.78. The molecule has 0 aromatic heterocycles. The molecular weight excluding hydrogens is 291 g/mol. The topological polar surface area (TPSA) is 70.0 Å². The maximum Gasteiger partial charge on any atom is 0.241 e. The summed E-state index contributed by atoms with van der Waals surface area (Å²) in [5.74, 6) is -0.147. The zero-order valence-electron chi connectivity index (χ0n) is 12.2. The fraction of sp³-hybridized carbons (Fsp3) is 0.533. The van der Waals surface area contributed by atoms with Crippen LogP contribution in [0, 0.1) is 30.0 Å². The van der Waals surface area contributed by atoms with E-state index in [0.29, 0.717) is 18.8 Å². The first-order valence-corrected chi connectivity index (χ1v) is 8.48. The second-order valence-corrected chi connectivity index (χ2v) is 7.59. The third kappa shape index (κ3) is 3.42. The van der Waals surface area contributed by atoms with E-state index in [0.717, 1.165) is 18.9 Å². The van der Waals surface area contributed by atoms with Crippen LogP contribution >= 0.6 is 0 Å². The lowest BCUT2D eigenvalue weighted by atomic mass is 9.78. The highest BCUT2D eigenvalue weighted by atomic mass is 32.2. The van der Waals surface area contributed by atoms with Crippen LogP contribution in [0.5, 0.6) is 0 Å². The molecule has 0 heterocycles. The number of hydrogen-bond donors (Lipinski definition) is 1. The van der Waals surface area contributed by atoms with Crippen LogP contribution in [0.15, 0.2) is 23.1 Å². The van der Waals surface area contributed by atoms with Crippen molar-refractivity contribution in [2.75, 3.05) is 0 Å². The fourth-order valence-electron chi connectivity index (χ4n) is 2.87. The van der Waals surface area contributed by atoms with Crippen LogP contribution in [0.1, 0.15) is 38.2 Å². The molecule has 6 heteroatoms. The minimum Gasteiger partial charge on any atom is -0.207 e. The summed E-state index contributed by atoms with van der Waals surface area (Å²) in [5.41, 5.74) is -0.792. The first-order valence-electron chi connectivity index (χ1n) is 6.99. The predicted molar refractivity (Wildman–Crippen MR) is 77.4 cm³/mol. The highest BCUT2D eigenvalue weighted by molar-refractivity contribution is 7.89. The van der Waals surface area contributed by atoms with Gasteiger partial charge >= 0.3 is 0 Å². The third-order valence-electron chi connectivity index (χ3n) is 3.98. The Balaban J connectivity index is 2.31. The van der Waals surface area contributed by atoms with E-state index in [1.165, 1.54) is 19.1 Å². The van der Waals surface area contributed by atoms with E-state index in [4.69, 9.17) is 0 Å². The quantitative estimate of drug-likeness (QED) is 0.933. The highest BCUT2D eigenvalue weighted by Gasteiger charge is 2.39. The van der Waals surface area contributed by atoms with E-state index >= 15 is 0 Å². The zero-order valence-corrected chi connectivity index (χ0v) is 13.0. The number of rotatable bonds is 3. The number of halogens is 1. The molecule has 2 rings (SSSR count). The lowest BCUT2D eigenvalue weighted by molar-refractivity contribution is 0.270. The lowest BCUT2D eigenvalue weighted by Gasteiger charge is -2.34. The smallest absolute Gasteiger partial charge is 0.207 e. The average Bonchev–Trinajstić information content (AvgIpc) is 2.41. The molecule has 0 spiro atoms. The second-order valence-electron chi connectivity index (χ2n) is 5.91. The minimum absolute atomic E-state index is 0.00532. The van der Waals surface area contributed by atoms with Gasteiger partial charge in [-0.15, -0.1) is 0 Å². The molecule has 0 saturated heterocycles. The summed E-state index contributed by atoms with van der Waals surface area (Å²) in [6.07, 6.45) is 2.83. The van der Waals surface area contributed by atoms with Crippen LogP contribution in [0.4, 0.5) is 4.39 Å². The maximum absolute atomic E-state index is 13.3. The van der Waals surface area contributed by atoms with Gasteiger partial charge in [0.1, 0.15) is 11.4 Å². The second kappa shape index (κ2) is 5.74. The van der Waals surface area contributed by atoms with Gasteiger partial charge in [-0.2, -0.15) is 9.98 Å². The van der Waals surface area contributed by atoms with Crippen molar-refractivity contribution < 1.29 is 12.8 Å².